The van der Waals surface area contributed by atoms with Crippen LogP contribution in [0.15, 0.2) is 18.2 Å². The number of aryl methyl sites for hydroxylation is 1. The van der Waals surface area contributed by atoms with Gasteiger partial charge in [-0.25, -0.2) is 4.39 Å². The fraction of sp³-hybridized carbons (Fsp3) is 0.600. The van der Waals surface area contributed by atoms with Gasteiger partial charge >= 0.3 is 0 Å². The average Bonchev–Trinajstić information content (AvgIpc) is 2.57. The maximum absolute atomic E-state index is 14.0. The summed E-state index contributed by atoms with van der Waals surface area (Å²) in [6.45, 7) is 2.70. The Labute approximate surface area is 103 Å². The van der Waals surface area contributed by atoms with E-state index in [0.717, 1.165) is 24.0 Å². The third-order valence-electron chi connectivity index (χ3n) is 4.01. The molecule has 2 heteroatoms. The summed E-state index contributed by atoms with van der Waals surface area (Å²) in [5.41, 5.74) is 7.90. The monoisotopic (exact) mass is 235 g/mol. The second-order valence-corrected chi connectivity index (χ2v) is 5.27. The van der Waals surface area contributed by atoms with Gasteiger partial charge in [0.25, 0.3) is 0 Å². The largest absolute Gasteiger partial charge is 0.330 e. The van der Waals surface area contributed by atoms with Crippen LogP contribution in [0, 0.1) is 18.7 Å². The number of rotatable bonds is 2. The van der Waals surface area contributed by atoms with Crippen molar-refractivity contribution in [3.63, 3.8) is 0 Å². The normalized spacial score (nSPS) is 25.6. The summed E-state index contributed by atoms with van der Waals surface area (Å²) in [6, 6.07) is 5.45. The number of hydrogen-bond donors (Lipinski definition) is 1. The predicted molar refractivity (Wildman–Crippen MR) is 69.5 cm³/mol. The van der Waals surface area contributed by atoms with Crippen molar-refractivity contribution in [1.29, 1.82) is 0 Å². The lowest BCUT2D eigenvalue weighted by atomic mass is 9.82. The molecule has 0 saturated heterocycles. The highest BCUT2D eigenvalue weighted by atomic mass is 19.1. The third-order valence-corrected chi connectivity index (χ3v) is 4.01. The zero-order valence-corrected chi connectivity index (χ0v) is 10.6. The van der Waals surface area contributed by atoms with Crippen molar-refractivity contribution in [3.8, 4) is 0 Å². The first-order valence-corrected chi connectivity index (χ1v) is 6.68. The summed E-state index contributed by atoms with van der Waals surface area (Å²) < 4.78 is 14.0. The van der Waals surface area contributed by atoms with Crippen molar-refractivity contribution < 1.29 is 4.39 Å². The molecule has 0 bridgehead atoms. The minimum Gasteiger partial charge on any atom is -0.330 e. The predicted octanol–water partition coefficient (Wildman–Crippen LogP) is 3.76. The highest BCUT2D eigenvalue weighted by molar-refractivity contribution is 5.28. The smallest absolute Gasteiger partial charge is 0.126 e. The Kier molecular flexibility index (Phi) is 4.16. The SMILES string of the molecule is Cc1ccc(F)c(C2CCCCCC2CN)c1. The molecule has 1 fully saturated rings. The van der Waals surface area contributed by atoms with Crippen LogP contribution in [-0.2, 0) is 0 Å². The van der Waals surface area contributed by atoms with Crippen LogP contribution in [-0.4, -0.2) is 6.54 Å². The van der Waals surface area contributed by atoms with Crippen LogP contribution in [0.5, 0.6) is 0 Å². The molecule has 2 N–H and O–H groups in total. The summed E-state index contributed by atoms with van der Waals surface area (Å²) in [6.07, 6.45) is 5.94. The number of benzene rings is 1. The van der Waals surface area contributed by atoms with Crippen LogP contribution < -0.4 is 5.73 Å². The maximum atomic E-state index is 14.0. The van der Waals surface area contributed by atoms with Gasteiger partial charge in [-0.2, -0.15) is 0 Å². The number of hydrogen-bond acceptors (Lipinski definition) is 1. The Morgan fingerprint density at radius 2 is 2.00 bits per heavy atom. The van der Waals surface area contributed by atoms with Gasteiger partial charge in [0.05, 0.1) is 0 Å². The molecular formula is C15H22FN. The molecule has 1 aliphatic rings. The fourth-order valence-electron chi connectivity index (χ4n) is 3.02. The third kappa shape index (κ3) is 2.86. The van der Waals surface area contributed by atoms with E-state index in [1.54, 1.807) is 6.07 Å². The highest BCUT2D eigenvalue weighted by Crippen LogP contribution is 2.37. The van der Waals surface area contributed by atoms with E-state index in [9.17, 15) is 4.39 Å². The van der Waals surface area contributed by atoms with Gasteiger partial charge in [-0.05, 0) is 49.8 Å². The zero-order valence-electron chi connectivity index (χ0n) is 10.6. The standard InChI is InChI=1S/C15H22FN/c1-11-7-8-15(16)14(9-11)13-6-4-2-3-5-12(13)10-17/h7-9,12-13H,2-6,10,17H2,1H3. The van der Waals surface area contributed by atoms with Crippen LogP contribution in [0.3, 0.4) is 0 Å². The molecule has 2 atom stereocenters. The van der Waals surface area contributed by atoms with Crippen molar-refractivity contribution >= 4 is 0 Å². The number of nitrogens with two attached hydrogens (primary N) is 1. The molecule has 0 spiro atoms. The van der Waals surface area contributed by atoms with Crippen molar-refractivity contribution in [2.24, 2.45) is 11.7 Å². The average molecular weight is 235 g/mol. The quantitative estimate of drug-likeness (QED) is 0.776. The first kappa shape index (κ1) is 12.6. The van der Waals surface area contributed by atoms with E-state index >= 15 is 0 Å². The van der Waals surface area contributed by atoms with E-state index in [2.05, 4.69) is 0 Å². The first-order chi connectivity index (χ1) is 8.22. The van der Waals surface area contributed by atoms with Gasteiger partial charge in [0.15, 0.2) is 0 Å². The Hall–Kier alpha value is -0.890. The van der Waals surface area contributed by atoms with Crippen LogP contribution in [0.25, 0.3) is 0 Å². The second-order valence-electron chi connectivity index (χ2n) is 5.27. The Morgan fingerprint density at radius 3 is 2.76 bits per heavy atom. The molecule has 1 saturated carbocycles. The van der Waals surface area contributed by atoms with Crippen LogP contribution >= 0.6 is 0 Å². The van der Waals surface area contributed by atoms with Crippen molar-refractivity contribution in [2.75, 3.05) is 6.54 Å². The Morgan fingerprint density at radius 1 is 1.24 bits per heavy atom. The highest BCUT2D eigenvalue weighted by Gasteiger charge is 2.26. The van der Waals surface area contributed by atoms with Gasteiger partial charge in [-0.15, -0.1) is 0 Å². The zero-order chi connectivity index (χ0) is 12.3. The molecule has 1 aromatic carbocycles. The summed E-state index contributed by atoms with van der Waals surface area (Å²) in [4.78, 5) is 0. The van der Waals surface area contributed by atoms with Gasteiger partial charge in [0.1, 0.15) is 5.82 Å². The van der Waals surface area contributed by atoms with Crippen molar-refractivity contribution in [3.05, 3.63) is 35.1 Å². The molecule has 1 nitrogen and oxygen atoms in total. The van der Waals surface area contributed by atoms with E-state index in [1.807, 2.05) is 19.1 Å². The molecule has 2 unspecified atom stereocenters. The fourth-order valence-corrected chi connectivity index (χ4v) is 3.02. The molecule has 0 amide bonds. The summed E-state index contributed by atoms with van der Waals surface area (Å²) in [5.74, 6) is 0.720. The second kappa shape index (κ2) is 5.63. The molecule has 2 rings (SSSR count). The maximum Gasteiger partial charge on any atom is 0.126 e. The van der Waals surface area contributed by atoms with Gasteiger partial charge < -0.3 is 5.73 Å². The minimum atomic E-state index is -0.0547. The van der Waals surface area contributed by atoms with Gasteiger partial charge in [0, 0.05) is 0 Å². The molecule has 0 radical (unpaired) electrons. The van der Waals surface area contributed by atoms with E-state index in [4.69, 9.17) is 5.73 Å². The molecule has 0 aromatic heterocycles. The Bertz CT molecular complexity index is 375. The van der Waals surface area contributed by atoms with Crippen LogP contribution in [0.2, 0.25) is 0 Å². The summed E-state index contributed by atoms with van der Waals surface area (Å²) in [7, 11) is 0. The molecule has 0 heterocycles. The minimum absolute atomic E-state index is 0.0547. The van der Waals surface area contributed by atoms with E-state index < -0.39 is 0 Å². The first-order valence-electron chi connectivity index (χ1n) is 6.68. The van der Waals surface area contributed by atoms with Gasteiger partial charge in [-0.1, -0.05) is 37.0 Å². The van der Waals surface area contributed by atoms with Crippen LogP contribution in [0.1, 0.15) is 49.1 Å². The Balaban J connectivity index is 2.31. The van der Waals surface area contributed by atoms with Crippen LogP contribution in [0.4, 0.5) is 4.39 Å². The lowest BCUT2D eigenvalue weighted by Crippen LogP contribution is -2.22. The van der Waals surface area contributed by atoms with E-state index in [0.29, 0.717) is 18.4 Å². The van der Waals surface area contributed by atoms with Gasteiger partial charge in [0.2, 0.25) is 0 Å². The topological polar surface area (TPSA) is 26.0 Å². The molecule has 1 aliphatic carbocycles. The summed E-state index contributed by atoms with van der Waals surface area (Å²) >= 11 is 0. The molecule has 17 heavy (non-hydrogen) atoms. The lowest BCUT2D eigenvalue weighted by Gasteiger charge is -2.25. The lowest BCUT2D eigenvalue weighted by molar-refractivity contribution is 0.396. The van der Waals surface area contributed by atoms with Crippen molar-refractivity contribution in [2.45, 2.75) is 44.9 Å². The summed E-state index contributed by atoms with van der Waals surface area (Å²) in [5, 5.41) is 0. The van der Waals surface area contributed by atoms with E-state index in [1.165, 1.54) is 19.3 Å². The number of halogens is 1. The molecule has 94 valence electrons. The van der Waals surface area contributed by atoms with E-state index in [-0.39, 0.29) is 5.82 Å². The van der Waals surface area contributed by atoms with Gasteiger partial charge in [-0.3, -0.25) is 0 Å². The molecular weight excluding hydrogens is 213 g/mol. The molecule has 1 aromatic rings. The van der Waals surface area contributed by atoms with Crippen molar-refractivity contribution in [1.82, 2.24) is 0 Å². The molecule has 0 aliphatic heterocycles.